The van der Waals surface area contributed by atoms with Crippen molar-refractivity contribution in [2.24, 2.45) is 5.92 Å². The molecule has 4 nitrogen and oxygen atoms in total. The molecule has 0 radical (unpaired) electrons. The zero-order chi connectivity index (χ0) is 13.8. The smallest absolute Gasteiger partial charge is 0.251 e. The number of thiophene rings is 1. The van der Waals surface area contributed by atoms with Crippen molar-refractivity contribution < 1.29 is 0 Å². The van der Waals surface area contributed by atoms with Crippen molar-refractivity contribution in [2.75, 3.05) is 6.54 Å². The molecule has 0 unspecified atom stereocenters. The van der Waals surface area contributed by atoms with E-state index in [0.29, 0.717) is 18.3 Å². The first-order valence-corrected chi connectivity index (χ1v) is 7.72. The summed E-state index contributed by atoms with van der Waals surface area (Å²) in [6.07, 6.45) is 0. The average molecular weight is 342 g/mol. The molecule has 6 heteroatoms. The average Bonchev–Trinajstić information content (AvgIpc) is 2.75. The molecule has 0 aliphatic heterocycles. The highest BCUT2D eigenvalue weighted by Gasteiger charge is 2.06. The molecule has 0 aliphatic rings. The lowest BCUT2D eigenvalue weighted by molar-refractivity contribution is 0.548. The van der Waals surface area contributed by atoms with Gasteiger partial charge in [-0.25, -0.2) is 4.98 Å². The van der Waals surface area contributed by atoms with E-state index in [0.717, 1.165) is 20.9 Å². The van der Waals surface area contributed by atoms with Crippen molar-refractivity contribution in [3.8, 4) is 10.7 Å². The standard InChI is InChI=1S/C13H16BrN3OS/c1-8(2)6-15-7-9-5-12(18)17-13(16-9)10-3-4-11(14)19-10/h3-5,8,15H,6-7H2,1-2H3,(H,16,17,18). The molecule has 0 aliphatic carbocycles. The molecule has 19 heavy (non-hydrogen) atoms. The highest BCUT2D eigenvalue weighted by atomic mass is 79.9. The van der Waals surface area contributed by atoms with E-state index in [2.05, 4.69) is 45.1 Å². The largest absolute Gasteiger partial charge is 0.311 e. The van der Waals surface area contributed by atoms with Crippen LogP contribution in [0, 0.1) is 5.92 Å². The van der Waals surface area contributed by atoms with Crippen LogP contribution in [0.25, 0.3) is 10.7 Å². The van der Waals surface area contributed by atoms with E-state index in [9.17, 15) is 4.79 Å². The van der Waals surface area contributed by atoms with Gasteiger partial charge in [-0.1, -0.05) is 13.8 Å². The summed E-state index contributed by atoms with van der Waals surface area (Å²) in [4.78, 5) is 19.9. The Morgan fingerprint density at radius 2 is 2.26 bits per heavy atom. The summed E-state index contributed by atoms with van der Waals surface area (Å²) in [6.45, 7) is 5.82. The van der Waals surface area contributed by atoms with Gasteiger partial charge in [0.05, 0.1) is 14.4 Å². The van der Waals surface area contributed by atoms with Gasteiger partial charge in [-0.05, 0) is 40.5 Å². The van der Waals surface area contributed by atoms with Gasteiger partial charge in [0.15, 0.2) is 5.82 Å². The number of nitrogens with one attached hydrogen (secondary N) is 2. The Morgan fingerprint density at radius 3 is 2.89 bits per heavy atom. The number of halogens is 1. The summed E-state index contributed by atoms with van der Waals surface area (Å²) < 4.78 is 1.02. The number of hydrogen-bond acceptors (Lipinski definition) is 4. The number of nitrogens with zero attached hydrogens (tertiary/aromatic N) is 1. The molecule has 102 valence electrons. The van der Waals surface area contributed by atoms with Gasteiger partial charge in [0.25, 0.3) is 5.56 Å². The van der Waals surface area contributed by atoms with Crippen molar-refractivity contribution in [1.82, 2.24) is 15.3 Å². The SMILES string of the molecule is CC(C)CNCc1cc(=O)[nH]c(-c2ccc(Br)s2)n1. The second kappa shape index (κ2) is 6.45. The summed E-state index contributed by atoms with van der Waals surface area (Å²) in [5.74, 6) is 1.21. The van der Waals surface area contributed by atoms with Gasteiger partial charge >= 0.3 is 0 Å². The van der Waals surface area contributed by atoms with Gasteiger partial charge in [0.2, 0.25) is 0 Å². The summed E-state index contributed by atoms with van der Waals surface area (Å²) in [5, 5.41) is 3.29. The van der Waals surface area contributed by atoms with Crippen LogP contribution in [-0.2, 0) is 6.54 Å². The number of rotatable bonds is 5. The van der Waals surface area contributed by atoms with Crippen molar-refractivity contribution in [1.29, 1.82) is 0 Å². The highest BCUT2D eigenvalue weighted by molar-refractivity contribution is 9.11. The Kier molecular flexibility index (Phi) is 4.90. The van der Waals surface area contributed by atoms with Gasteiger partial charge in [-0.15, -0.1) is 11.3 Å². The number of aromatic nitrogens is 2. The maximum Gasteiger partial charge on any atom is 0.251 e. The quantitative estimate of drug-likeness (QED) is 0.878. The van der Waals surface area contributed by atoms with E-state index in [1.54, 1.807) is 17.4 Å². The molecule has 2 aromatic rings. The molecule has 2 heterocycles. The molecule has 2 rings (SSSR count). The topological polar surface area (TPSA) is 57.8 Å². The third kappa shape index (κ3) is 4.26. The number of H-pyrrole nitrogens is 1. The lowest BCUT2D eigenvalue weighted by Gasteiger charge is -2.07. The monoisotopic (exact) mass is 341 g/mol. The first-order chi connectivity index (χ1) is 9.04. The van der Waals surface area contributed by atoms with Crippen LogP contribution in [0.3, 0.4) is 0 Å². The number of aromatic amines is 1. The van der Waals surface area contributed by atoms with Crippen molar-refractivity contribution in [2.45, 2.75) is 20.4 Å². The van der Waals surface area contributed by atoms with Gasteiger partial charge in [0.1, 0.15) is 0 Å². The maximum atomic E-state index is 11.7. The fraction of sp³-hybridized carbons (Fsp3) is 0.385. The Balaban J connectivity index is 2.18. The van der Waals surface area contributed by atoms with Gasteiger partial charge < -0.3 is 10.3 Å². The fourth-order valence-electron chi connectivity index (χ4n) is 1.65. The van der Waals surface area contributed by atoms with E-state index in [1.807, 2.05) is 12.1 Å². The molecular formula is C13H16BrN3OS. The summed E-state index contributed by atoms with van der Waals surface area (Å²) >= 11 is 4.96. The summed E-state index contributed by atoms with van der Waals surface area (Å²) in [7, 11) is 0. The Hall–Kier alpha value is -0.980. The predicted octanol–water partition coefficient (Wildman–Crippen LogP) is 3.01. The van der Waals surface area contributed by atoms with E-state index >= 15 is 0 Å². The minimum atomic E-state index is -0.115. The Morgan fingerprint density at radius 1 is 1.47 bits per heavy atom. The second-order valence-electron chi connectivity index (χ2n) is 4.71. The first kappa shape index (κ1) is 14.4. The molecule has 0 bridgehead atoms. The normalized spacial score (nSPS) is 11.2. The Labute approximate surface area is 124 Å². The lowest BCUT2D eigenvalue weighted by Crippen LogP contribution is -2.21. The Bertz CT molecular complexity index is 606. The predicted molar refractivity (Wildman–Crippen MR) is 82.4 cm³/mol. The minimum Gasteiger partial charge on any atom is -0.311 e. The zero-order valence-corrected chi connectivity index (χ0v) is 13.3. The van der Waals surface area contributed by atoms with Crippen molar-refractivity contribution in [3.63, 3.8) is 0 Å². The van der Waals surface area contributed by atoms with E-state index < -0.39 is 0 Å². The van der Waals surface area contributed by atoms with E-state index in [1.165, 1.54) is 0 Å². The maximum absolute atomic E-state index is 11.7. The van der Waals surface area contributed by atoms with Crippen LogP contribution in [0.2, 0.25) is 0 Å². The second-order valence-corrected chi connectivity index (χ2v) is 7.18. The molecule has 0 amide bonds. The molecule has 2 N–H and O–H groups in total. The molecule has 0 atom stereocenters. The molecule has 2 aromatic heterocycles. The van der Waals surface area contributed by atoms with E-state index in [4.69, 9.17) is 0 Å². The lowest BCUT2D eigenvalue weighted by atomic mass is 10.2. The third-order valence-electron chi connectivity index (χ3n) is 2.46. The van der Waals surface area contributed by atoms with Crippen LogP contribution in [0.15, 0.2) is 26.8 Å². The van der Waals surface area contributed by atoms with Gasteiger partial charge in [-0.2, -0.15) is 0 Å². The summed E-state index contributed by atoms with van der Waals surface area (Å²) in [6, 6.07) is 5.43. The minimum absolute atomic E-state index is 0.115. The third-order valence-corrected chi connectivity index (χ3v) is 4.09. The van der Waals surface area contributed by atoms with Crippen LogP contribution in [-0.4, -0.2) is 16.5 Å². The van der Waals surface area contributed by atoms with Crippen LogP contribution in [0.4, 0.5) is 0 Å². The van der Waals surface area contributed by atoms with Crippen molar-refractivity contribution in [3.05, 3.63) is 38.0 Å². The highest BCUT2D eigenvalue weighted by Crippen LogP contribution is 2.28. The first-order valence-electron chi connectivity index (χ1n) is 6.11. The fourth-order valence-corrected chi connectivity index (χ4v) is 2.98. The zero-order valence-electron chi connectivity index (χ0n) is 10.9. The van der Waals surface area contributed by atoms with Crippen LogP contribution in [0.5, 0.6) is 0 Å². The van der Waals surface area contributed by atoms with Crippen LogP contribution < -0.4 is 10.9 Å². The van der Waals surface area contributed by atoms with E-state index in [-0.39, 0.29) is 5.56 Å². The molecule has 0 saturated carbocycles. The summed E-state index contributed by atoms with van der Waals surface area (Å²) in [5.41, 5.74) is 0.653. The number of hydrogen-bond donors (Lipinski definition) is 2. The molecule has 0 fully saturated rings. The van der Waals surface area contributed by atoms with Crippen LogP contribution >= 0.6 is 27.3 Å². The van der Waals surface area contributed by atoms with Crippen molar-refractivity contribution >= 4 is 27.3 Å². The molecule has 0 aromatic carbocycles. The molecule has 0 spiro atoms. The van der Waals surface area contributed by atoms with Gasteiger partial charge in [-0.3, -0.25) is 4.79 Å². The van der Waals surface area contributed by atoms with Crippen LogP contribution in [0.1, 0.15) is 19.5 Å². The molecule has 0 saturated heterocycles. The molecular weight excluding hydrogens is 326 g/mol. The van der Waals surface area contributed by atoms with Gasteiger partial charge in [0, 0.05) is 12.6 Å².